The lowest BCUT2D eigenvalue weighted by Crippen LogP contribution is -2.20. The van der Waals surface area contributed by atoms with Crippen LogP contribution in [-0.4, -0.2) is 18.6 Å². The zero-order valence-electron chi connectivity index (χ0n) is 10.3. The molecule has 0 atom stereocenters. The van der Waals surface area contributed by atoms with Gasteiger partial charge in [0.25, 0.3) is 0 Å². The SMILES string of the molecule is COc1ccc2[nH]c(C)c(C3(CN)CC3)c2c1. The molecule has 3 rings (SSSR count). The summed E-state index contributed by atoms with van der Waals surface area (Å²) in [4.78, 5) is 3.45. The van der Waals surface area contributed by atoms with E-state index in [2.05, 4.69) is 24.0 Å². The molecule has 1 aromatic carbocycles. The van der Waals surface area contributed by atoms with Crippen LogP contribution in [0, 0.1) is 6.92 Å². The summed E-state index contributed by atoms with van der Waals surface area (Å²) in [5.41, 5.74) is 9.98. The maximum atomic E-state index is 5.95. The van der Waals surface area contributed by atoms with Crippen LogP contribution in [0.5, 0.6) is 5.75 Å². The number of H-pyrrole nitrogens is 1. The van der Waals surface area contributed by atoms with E-state index in [-0.39, 0.29) is 5.41 Å². The van der Waals surface area contributed by atoms with E-state index >= 15 is 0 Å². The van der Waals surface area contributed by atoms with Gasteiger partial charge in [0.1, 0.15) is 5.75 Å². The van der Waals surface area contributed by atoms with Crippen molar-refractivity contribution >= 4 is 10.9 Å². The van der Waals surface area contributed by atoms with Gasteiger partial charge in [-0.15, -0.1) is 0 Å². The zero-order valence-corrected chi connectivity index (χ0v) is 10.3. The minimum Gasteiger partial charge on any atom is -0.497 e. The number of aromatic nitrogens is 1. The van der Waals surface area contributed by atoms with E-state index in [4.69, 9.17) is 10.5 Å². The number of methoxy groups -OCH3 is 1. The highest BCUT2D eigenvalue weighted by atomic mass is 16.5. The molecule has 1 heterocycles. The van der Waals surface area contributed by atoms with Gasteiger partial charge in [0, 0.05) is 28.6 Å². The van der Waals surface area contributed by atoms with Crippen LogP contribution in [0.15, 0.2) is 18.2 Å². The highest BCUT2D eigenvalue weighted by Gasteiger charge is 2.45. The Morgan fingerprint density at radius 2 is 2.18 bits per heavy atom. The number of hydrogen-bond donors (Lipinski definition) is 2. The summed E-state index contributed by atoms with van der Waals surface area (Å²) in [6.07, 6.45) is 2.41. The Balaban J connectivity index is 2.25. The minimum atomic E-state index is 0.217. The molecule has 3 nitrogen and oxygen atoms in total. The van der Waals surface area contributed by atoms with E-state index in [9.17, 15) is 0 Å². The number of aryl methyl sites for hydroxylation is 1. The van der Waals surface area contributed by atoms with Crippen molar-refractivity contribution in [3.05, 3.63) is 29.5 Å². The standard InChI is InChI=1S/C14H18N2O/c1-9-13(14(8-15)5-6-14)11-7-10(17-2)3-4-12(11)16-9/h3-4,7,16H,5-6,8,15H2,1-2H3. The van der Waals surface area contributed by atoms with Gasteiger partial charge in [-0.25, -0.2) is 0 Å². The molecule has 0 bridgehead atoms. The summed E-state index contributed by atoms with van der Waals surface area (Å²) in [7, 11) is 1.70. The molecule has 0 unspecified atom stereocenters. The molecule has 0 aliphatic heterocycles. The largest absolute Gasteiger partial charge is 0.497 e. The molecule has 90 valence electrons. The van der Waals surface area contributed by atoms with Gasteiger partial charge >= 0.3 is 0 Å². The fourth-order valence-corrected chi connectivity index (χ4v) is 2.82. The first-order valence-corrected chi connectivity index (χ1v) is 6.07. The molecule has 17 heavy (non-hydrogen) atoms. The predicted octanol–water partition coefficient (Wildman–Crippen LogP) is 2.48. The van der Waals surface area contributed by atoms with Crippen LogP contribution in [0.25, 0.3) is 10.9 Å². The molecule has 2 aromatic rings. The number of benzene rings is 1. The molecular weight excluding hydrogens is 212 g/mol. The smallest absolute Gasteiger partial charge is 0.119 e. The molecule has 0 radical (unpaired) electrons. The monoisotopic (exact) mass is 230 g/mol. The van der Waals surface area contributed by atoms with E-state index in [1.54, 1.807) is 7.11 Å². The average molecular weight is 230 g/mol. The maximum absolute atomic E-state index is 5.95. The summed E-state index contributed by atoms with van der Waals surface area (Å²) in [6.45, 7) is 2.87. The Kier molecular flexibility index (Phi) is 2.20. The molecular formula is C14H18N2O. The van der Waals surface area contributed by atoms with Crippen molar-refractivity contribution in [3.8, 4) is 5.75 Å². The molecule has 1 fully saturated rings. The number of hydrogen-bond acceptors (Lipinski definition) is 2. The van der Waals surface area contributed by atoms with Gasteiger partial charge in [-0.05, 0) is 43.5 Å². The van der Waals surface area contributed by atoms with E-state index in [0.29, 0.717) is 0 Å². The lowest BCUT2D eigenvalue weighted by molar-refractivity contribution is 0.415. The topological polar surface area (TPSA) is 51.0 Å². The van der Waals surface area contributed by atoms with Crippen molar-refractivity contribution in [1.29, 1.82) is 0 Å². The van der Waals surface area contributed by atoms with Gasteiger partial charge in [-0.3, -0.25) is 0 Å². The van der Waals surface area contributed by atoms with Crippen molar-refractivity contribution in [2.45, 2.75) is 25.2 Å². The van der Waals surface area contributed by atoms with Gasteiger partial charge in [0.2, 0.25) is 0 Å². The second-order valence-corrected chi connectivity index (χ2v) is 5.02. The summed E-state index contributed by atoms with van der Waals surface area (Å²) >= 11 is 0. The quantitative estimate of drug-likeness (QED) is 0.851. The Labute approximate surface area is 101 Å². The highest BCUT2D eigenvalue weighted by Crippen LogP contribution is 2.51. The van der Waals surface area contributed by atoms with Crippen LogP contribution < -0.4 is 10.5 Å². The van der Waals surface area contributed by atoms with Crippen LogP contribution in [0.4, 0.5) is 0 Å². The van der Waals surface area contributed by atoms with E-state index in [0.717, 1.165) is 12.3 Å². The van der Waals surface area contributed by atoms with Crippen molar-refractivity contribution in [2.24, 2.45) is 5.73 Å². The van der Waals surface area contributed by atoms with Crippen LogP contribution in [-0.2, 0) is 5.41 Å². The first-order chi connectivity index (χ1) is 8.20. The third-order valence-electron chi connectivity index (χ3n) is 3.97. The lowest BCUT2D eigenvalue weighted by Gasteiger charge is -2.13. The van der Waals surface area contributed by atoms with Gasteiger partial charge in [-0.1, -0.05) is 0 Å². The molecule has 0 spiro atoms. The Morgan fingerprint density at radius 3 is 2.76 bits per heavy atom. The molecule has 1 aliphatic carbocycles. The molecule has 1 aliphatic rings. The van der Waals surface area contributed by atoms with Crippen LogP contribution in [0.2, 0.25) is 0 Å². The number of nitrogens with two attached hydrogens (primary N) is 1. The van der Waals surface area contributed by atoms with Crippen LogP contribution in [0.3, 0.4) is 0 Å². The second kappa shape index (κ2) is 3.50. The third kappa shape index (κ3) is 1.46. The Bertz CT molecular complexity index is 567. The summed E-state index contributed by atoms with van der Waals surface area (Å²) in [5.74, 6) is 0.908. The van der Waals surface area contributed by atoms with Crippen molar-refractivity contribution in [2.75, 3.05) is 13.7 Å². The number of fused-ring (bicyclic) bond motifs is 1. The van der Waals surface area contributed by atoms with E-state index in [1.165, 1.54) is 35.0 Å². The fraction of sp³-hybridized carbons (Fsp3) is 0.429. The van der Waals surface area contributed by atoms with Crippen molar-refractivity contribution in [3.63, 3.8) is 0 Å². The van der Waals surface area contributed by atoms with Gasteiger partial charge in [0.05, 0.1) is 7.11 Å². The summed E-state index contributed by atoms with van der Waals surface area (Å²) in [6, 6.07) is 6.19. The summed E-state index contributed by atoms with van der Waals surface area (Å²) < 4.78 is 5.31. The average Bonchev–Trinajstić information content (AvgIpc) is 3.06. The molecule has 0 amide bonds. The minimum absolute atomic E-state index is 0.217. The Hall–Kier alpha value is -1.48. The van der Waals surface area contributed by atoms with E-state index < -0.39 is 0 Å². The normalized spacial score (nSPS) is 17.4. The molecule has 1 aromatic heterocycles. The molecule has 3 N–H and O–H groups in total. The fourth-order valence-electron chi connectivity index (χ4n) is 2.82. The van der Waals surface area contributed by atoms with Crippen molar-refractivity contribution < 1.29 is 4.74 Å². The first-order valence-electron chi connectivity index (χ1n) is 6.07. The molecule has 1 saturated carbocycles. The third-order valence-corrected chi connectivity index (χ3v) is 3.97. The Morgan fingerprint density at radius 1 is 1.41 bits per heavy atom. The first kappa shape index (κ1) is 10.7. The molecule has 3 heteroatoms. The number of ether oxygens (including phenoxy) is 1. The maximum Gasteiger partial charge on any atom is 0.119 e. The number of rotatable bonds is 3. The van der Waals surface area contributed by atoms with Gasteiger partial charge in [-0.2, -0.15) is 0 Å². The zero-order chi connectivity index (χ0) is 12.0. The summed E-state index contributed by atoms with van der Waals surface area (Å²) in [5, 5.41) is 1.27. The second-order valence-electron chi connectivity index (χ2n) is 5.02. The van der Waals surface area contributed by atoms with Crippen molar-refractivity contribution in [1.82, 2.24) is 4.98 Å². The van der Waals surface area contributed by atoms with Crippen LogP contribution in [0.1, 0.15) is 24.1 Å². The van der Waals surface area contributed by atoms with E-state index in [1.807, 2.05) is 6.07 Å². The van der Waals surface area contributed by atoms with Gasteiger partial charge in [0.15, 0.2) is 0 Å². The highest BCUT2D eigenvalue weighted by molar-refractivity contribution is 5.87. The number of aromatic amines is 1. The lowest BCUT2D eigenvalue weighted by atomic mass is 9.93. The molecule has 0 saturated heterocycles. The predicted molar refractivity (Wildman–Crippen MR) is 69.6 cm³/mol. The van der Waals surface area contributed by atoms with Gasteiger partial charge < -0.3 is 15.5 Å². The number of nitrogens with one attached hydrogen (secondary N) is 1. The van der Waals surface area contributed by atoms with Crippen LogP contribution >= 0.6 is 0 Å².